The van der Waals surface area contributed by atoms with E-state index in [-0.39, 0.29) is 37.4 Å². The molecule has 2 aliphatic rings. The van der Waals surface area contributed by atoms with Crippen LogP contribution in [0.3, 0.4) is 0 Å². The number of ether oxygens (including phenoxy) is 5. The van der Waals surface area contributed by atoms with Crippen molar-refractivity contribution in [2.75, 3.05) is 45.7 Å². The molecule has 0 N–H and O–H groups in total. The number of benzene rings is 1. The molecule has 57 heavy (non-hydrogen) atoms. The van der Waals surface area contributed by atoms with Crippen molar-refractivity contribution in [3.05, 3.63) is 65.4 Å². The lowest BCUT2D eigenvalue weighted by atomic mass is 9.90. The van der Waals surface area contributed by atoms with E-state index in [2.05, 4.69) is 21.7 Å². The number of likely N-dealkylation sites (N-methyl/N-ethyl adjacent to an activating group) is 1. The normalized spacial score (nSPS) is 23.1. The van der Waals surface area contributed by atoms with E-state index >= 15 is 0 Å². The highest BCUT2D eigenvalue weighted by Gasteiger charge is 2.52. The summed E-state index contributed by atoms with van der Waals surface area (Å²) in [5.41, 5.74) is 1.53. The topological polar surface area (TPSA) is 193 Å². The van der Waals surface area contributed by atoms with Crippen molar-refractivity contribution in [2.45, 2.75) is 77.7 Å². The minimum absolute atomic E-state index is 0.0817. The molecule has 0 aliphatic carbocycles. The number of esters is 4. The largest absolute Gasteiger partial charge is 0.467 e. The number of piperidine rings is 1. The number of fused-ring (bicyclic) bond motifs is 1. The third kappa shape index (κ3) is 9.48. The van der Waals surface area contributed by atoms with Crippen LogP contribution in [0.15, 0.2) is 42.9 Å². The van der Waals surface area contributed by atoms with Crippen LogP contribution in [0.25, 0.3) is 15.9 Å². The number of carbonyl (C=O) groups excluding carboxylic acids is 6. The summed E-state index contributed by atoms with van der Waals surface area (Å²) in [4.78, 5) is 94.0. The minimum atomic E-state index is -1.62. The molecule has 5 rings (SSSR count). The first-order chi connectivity index (χ1) is 27.1. The van der Waals surface area contributed by atoms with Gasteiger partial charge < -0.3 is 43.2 Å². The highest BCUT2D eigenvalue weighted by atomic mass is 16.7. The van der Waals surface area contributed by atoms with Crippen LogP contribution >= 0.6 is 0 Å². The second-order valence-corrected chi connectivity index (χ2v) is 14.2. The molecule has 1 aromatic carbocycles. The van der Waals surface area contributed by atoms with Gasteiger partial charge in [0, 0.05) is 59.7 Å². The summed E-state index contributed by atoms with van der Waals surface area (Å²) in [6.45, 7) is 14.0. The second kappa shape index (κ2) is 18.2. The van der Waals surface area contributed by atoms with Gasteiger partial charge in [0.15, 0.2) is 17.9 Å². The highest BCUT2D eigenvalue weighted by molar-refractivity contribution is 5.95. The predicted octanol–water partition coefficient (Wildman–Crippen LogP) is 2.61. The zero-order valence-corrected chi connectivity index (χ0v) is 32.9. The van der Waals surface area contributed by atoms with Gasteiger partial charge >= 0.3 is 35.8 Å². The fourth-order valence-corrected chi connectivity index (χ4v) is 7.33. The number of nitrogens with zero attached hydrogens (tertiary/aromatic N) is 7. The van der Waals surface area contributed by atoms with Crippen LogP contribution in [0.1, 0.15) is 45.2 Å². The number of aromatic nitrogens is 3. The Morgan fingerprint density at radius 3 is 2.32 bits per heavy atom. The molecule has 18 nitrogen and oxygen atoms in total. The van der Waals surface area contributed by atoms with Gasteiger partial charge in [-0.25, -0.2) is 26.1 Å². The van der Waals surface area contributed by atoms with E-state index in [0.717, 1.165) is 27.4 Å². The molecule has 7 atom stereocenters. The summed E-state index contributed by atoms with van der Waals surface area (Å²) >= 11 is 0. The maximum Gasteiger partial charge on any atom is 0.335 e. The van der Waals surface area contributed by atoms with E-state index in [4.69, 9.17) is 30.3 Å². The van der Waals surface area contributed by atoms with Crippen LogP contribution in [0.2, 0.25) is 0 Å². The van der Waals surface area contributed by atoms with Crippen LogP contribution in [0.4, 0.5) is 10.6 Å². The molecule has 18 heteroatoms. The first kappa shape index (κ1) is 42.1. The van der Waals surface area contributed by atoms with Crippen molar-refractivity contribution in [3.8, 4) is 0 Å². The molecule has 0 radical (unpaired) electrons. The van der Waals surface area contributed by atoms with Gasteiger partial charge in [0.05, 0.1) is 25.0 Å². The predicted molar refractivity (Wildman–Crippen MR) is 201 cm³/mol. The first-order valence-electron chi connectivity index (χ1n) is 18.4. The second-order valence-electron chi connectivity index (χ2n) is 14.2. The molecule has 0 spiro atoms. The summed E-state index contributed by atoms with van der Waals surface area (Å²) in [7, 11) is 4.66. The molecule has 3 aromatic rings. The summed E-state index contributed by atoms with van der Waals surface area (Å²) in [5.74, 6) is -3.29. The van der Waals surface area contributed by atoms with Gasteiger partial charge in [0.25, 0.3) is 6.54 Å². The van der Waals surface area contributed by atoms with Gasteiger partial charge in [-0.1, -0.05) is 38.1 Å². The van der Waals surface area contributed by atoms with E-state index in [1.165, 1.54) is 15.8 Å². The Morgan fingerprint density at radius 1 is 0.965 bits per heavy atom. The Bertz CT molecular complexity index is 2050. The van der Waals surface area contributed by atoms with Crippen molar-refractivity contribution in [2.24, 2.45) is 11.8 Å². The maximum atomic E-state index is 13.9. The van der Waals surface area contributed by atoms with Gasteiger partial charge in [0.2, 0.25) is 12.4 Å². The standard InChI is InChI=1S/C39H47N7O11/c1-22-13-15-45(30(49)18-40-5)20-29(22)44(7)35-28-14-16-46(36(28)42-21-41-35)39(52)43(6)19-27-12-10-9-11-26(27)17-31(50)56-38-34(55-25(4)48)32(54-24(3)47)23(2)33(57-38)37(51)53-8/h9-12,14,16,21-23,29,32-34,38H,13,15,17-20H2,1-4,6-8H3/t22-,23+,29+,32+,33+,34-,38-/m1/s1. The van der Waals surface area contributed by atoms with Crippen LogP contribution < -0.4 is 4.90 Å². The third-order valence-electron chi connectivity index (χ3n) is 10.3. The van der Waals surface area contributed by atoms with E-state index in [0.29, 0.717) is 41.1 Å². The van der Waals surface area contributed by atoms with E-state index in [1.807, 2.05) is 11.9 Å². The smallest absolute Gasteiger partial charge is 0.335 e. The van der Waals surface area contributed by atoms with Gasteiger partial charge in [-0.2, -0.15) is 0 Å². The van der Waals surface area contributed by atoms with Gasteiger partial charge in [0.1, 0.15) is 12.1 Å². The molecule has 2 aliphatic heterocycles. The van der Waals surface area contributed by atoms with E-state index in [9.17, 15) is 28.8 Å². The van der Waals surface area contributed by atoms with Crippen molar-refractivity contribution in [1.82, 2.24) is 24.3 Å². The summed E-state index contributed by atoms with van der Waals surface area (Å²) in [6.07, 6.45) is -2.04. The monoisotopic (exact) mass is 789 g/mol. The Hall–Kier alpha value is -6.09. The molecular weight excluding hydrogens is 742 g/mol. The number of amides is 2. The Kier molecular flexibility index (Phi) is 13.5. The Balaban J connectivity index is 1.31. The third-order valence-corrected chi connectivity index (χ3v) is 10.3. The van der Waals surface area contributed by atoms with Crippen LogP contribution in [-0.2, 0) is 60.6 Å². The Morgan fingerprint density at radius 2 is 1.65 bits per heavy atom. The maximum absolute atomic E-state index is 13.9. The number of methoxy groups -OCH3 is 1. The number of carbonyl (C=O) groups is 6. The quantitative estimate of drug-likeness (QED) is 0.156. The molecule has 2 aromatic heterocycles. The number of anilines is 1. The summed E-state index contributed by atoms with van der Waals surface area (Å²) < 4.78 is 28.5. The molecule has 0 bridgehead atoms. The van der Waals surface area contributed by atoms with Crippen molar-refractivity contribution in [3.63, 3.8) is 0 Å². The van der Waals surface area contributed by atoms with Gasteiger partial charge in [-0.15, -0.1) is 0 Å². The molecule has 2 fully saturated rings. The van der Waals surface area contributed by atoms with Crippen LogP contribution in [0, 0.1) is 18.4 Å². The van der Waals surface area contributed by atoms with E-state index < -0.39 is 60.4 Å². The summed E-state index contributed by atoms with van der Waals surface area (Å²) in [5, 5.41) is 0.637. The van der Waals surface area contributed by atoms with Crippen LogP contribution in [-0.4, -0.2) is 132 Å². The molecule has 2 amide bonds. The summed E-state index contributed by atoms with van der Waals surface area (Å²) in [6, 6.07) is 8.22. The molecule has 2 saturated heterocycles. The number of likely N-dealkylation sites (tertiary alicyclic amines) is 1. The van der Waals surface area contributed by atoms with Crippen molar-refractivity contribution in [1.29, 1.82) is 0 Å². The Labute approximate surface area is 329 Å². The minimum Gasteiger partial charge on any atom is -0.467 e. The van der Waals surface area contributed by atoms with Gasteiger partial charge in [-0.05, 0) is 29.5 Å². The molecule has 4 heterocycles. The number of hydrogen-bond acceptors (Lipinski definition) is 14. The average molecular weight is 790 g/mol. The lowest BCUT2D eigenvalue weighted by Crippen LogP contribution is -2.59. The zero-order valence-electron chi connectivity index (χ0n) is 32.9. The number of rotatable bonds is 11. The van der Waals surface area contributed by atoms with E-state index in [1.54, 1.807) is 55.4 Å². The zero-order chi connectivity index (χ0) is 41.6. The lowest BCUT2D eigenvalue weighted by Gasteiger charge is -2.42. The van der Waals surface area contributed by atoms with Gasteiger partial charge in [-0.3, -0.25) is 23.7 Å². The first-order valence-corrected chi connectivity index (χ1v) is 18.4. The molecular formula is C39H47N7O11. The molecule has 304 valence electrons. The SMILES string of the molecule is [C-]#[N+]CC(=O)N1CC[C@@H](C)[C@@H](N(C)c2ncnc3c2ccn3C(=O)N(C)Cc2ccccc2CC(=O)O[C@@H]2O[C@H](C(=O)OC)[C@@H](C)[C@H](OC(C)=O)[C@H]2OC(C)=O)C1. The van der Waals surface area contributed by atoms with Crippen molar-refractivity contribution >= 4 is 52.7 Å². The highest BCUT2D eigenvalue weighted by Crippen LogP contribution is 2.33. The fourth-order valence-electron chi connectivity index (χ4n) is 7.33. The lowest BCUT2D eigenvalue weighted by molar-refractivity contribution is -0.281. The van der Waals surface area contributed by atoms with Crippen molar-refractivity contribution < 1.29 is 52.5 Å². The number of hydrogen-bond donors (Lipinski definition) is 0. The average Bonchev–Trinajstić information content (AvgIpc) is 3.61. The fraction of sp³-hybridized carbons (Fsp3) is 0.513. The molecule has 0 unspecified atom stereocenters. The van der Waals surface area contributed by atoms with Crippen LogP contribution in [0.5, 0.6) is 0 Å². The molecule has 0 saturated carbocycles.